The van der Waals surface area contributed by atoms with Crippen molar-refractivity contribution in [2.45, 2.75) is 6.92 Å². The molecule has 1 N–H and O–H groups in total. The molecular formula is C27H25N5O6. The van der Waals surface area contributed by atoms with Crippen LogP contribution < -0.4 is 20.5 Å². The van der Waals surface area contributed by atoms with Crippen molar-refractivity contribution in [3.05, 3.63) is 111 Å². The molecule has 1 aromatic heterocycles. The summed E-state index contributed by atoms with van der Waals surface area (Å²) in [6.45, 7) is 1.41. The van der Waals surface area contributed by atoms with Gasteiger partial charge in [-0.2, -0.15) is 0 Å². The average Bonchev–Trinajstić information content (AvgIpc) is 3.14. The second-order valence-electron chi connectivity index (χ2n) is 8.44. The molecule has 0 radical (unpaired) electrons. The minimum absolute atomic E-state index is 0.168. The summed E-state index contributed by atoms with van der Waals surface area (Å²) in [4.78, 5) is 50.0. The van der Waals surface area contributed by atoms with Crippen molar-refractivity contribution in [1.29, 1.82) is 0 Å². The molecule has 38 heavy (non-hydrogen) atoms. The number of non-ortho nitro benzene ring substituents is 1. The highest BCUT2D eigenvalue weighted by Crippen LogP contribution is 2.22. The highest BCUT2D eigenvalue weighted by Gasteiger charge is 2.19. The normalized spacial score (nSPS) is 10.6. The molecule has 194 valence electrons. The van der Waals surface area contributed by atoms with Gasteiger partial charge >= 0.3 is 0 Å². The molecular weight excluding hydrogens is 490 g/mol. The molecule has 0 saturated carbocycles. The minimum Gasteiger partial charge on any atom is -0.484 e. The molecule has 0 aliphatic carbocycles. The minimum atomic E-state index is -0.558. The van der Waals surface area contributed by atoms with Gasteiger partial charge in [0.1, 0.15) is 11.4 Å². The zero-order valence-corrected chi connectivity index (χ0v) is 21.0. The first-order valence-corrected chi connectivity index (χ1v) is 11.6. The van der Waals surface area contributed by atoms with Gasteiger partial charge < -0.3 is 15.0 Å². The van der Waals surface area contributed by atoms with Crippen LogP contribution in [0.1, 0.15) is 16.1 Å². The maximum atomic E-state index is 13.0. The largest absolute Gasteiger partial charge is 0.484 e. The van der Waals surface area contributed by atoms with Gasteiger partial charge in [-0.1, -0.05) is 24.3 Å². The maximum Gasteiger partial charge on any atom is 0.295 e. The lowest BCUT2D eigenvalue weighted by Gasteiger charge is -2.18. The van der Waals surface area contributed by atoms with Crippen LogP contribution in [0.3, 0.4) is 0 Å². The Labute approximate surface area is 217 Å². The van der Waals surface area contributed by atoms with Gasteiger partial charge in [0, 0.05) is 37.5 Å². The van der Waals surface area contributed by atoms with E-state index in [-0.39, 0.29) is 29.1 Å². The number of aromatic nitrogens is 2. The summed E-state index contributed by atoms with van der Waals surface area (Å²) in [6, 6.07) is 21.0. The van der Waals surface area contributed by atoms with Crippen molar-refractivity contribution in [2.24, 2.45) is 7.05 Å². The van der Waals surface area contributed by atoms with Gasteiger partial charge in [0.05, 0.1) is 16.3 Å². The number of para-hydroxylation sites is 1. The molecule has 4 aromatic rings. The first kappa shape index (κ1) is 25.9. The summed E-state index contributed by atoms with van der Waals surface area (Å²) in [6.07, 6.45) is 0. The predicted octanol–water partition coefficient (Wildman–Crippen LogP) is 3.69. The van der Waals surface area contributed by atoms with Crippen molar-refractivity contribution in [1.82, 2.24) is 9.36 Å². The molecule has 0 aliphatic rings. The van der Waals surface area contributed by atoms with Gasteiger partial charge in [0.15, 0.2) is 6.61 Å². The molecule has 3 aromatic carbocycles. The summed E-state index contributed by atoms with van der Waals surface area (Å²) in [5.41, 5.74) is 1.62. The lowest BCUT2D eigenvalue weighted by Crippen LogP contribution is -2.26. The molecule has 0 atom stereocenters. The molecule has 11 heteroatoms. The lowest BCUT2D eigenvalue weighted by atomic mass is 10.1. The van der Waals surface area contributed by atoms with E-state index in [9.17, 15) is 24.5 Å². The third kappa shape index (κ3) is 5.31. The Morgan fingerprint density at radius 1 is 1.03 bits per heavy atom. The van der Waals surface area contributed by atoms with Crippen LogP contribution in [0.25, 0.3) is 5.69 Å². The van der Waals surface area contributed by atoms with Crippen molar-refractivity contribution in [2.75, 3.05) is 23.9 Å². The number of benzene rings is 3. The van der Waals surface area contributed by atoms with Crippen molar-refractivity contribution < 1.29 is 19.2 Å². The van der Waals surface area contributed by atoms with E-state index in [2.05, 4.69) is 5.32 Å². The molecule has 0 unspecified atom stereocenters. The zero-order chi connectivity index (χ0) is 27.4. The Hall–Kier alpha value is -5.19. The first-order valence-electron chi connectivity index (χ1n) is 11.6. The number of hydrogen-bond donors (Lipinski definition) is 1. The van der Waals surface area contributed by atoms with Gasteiger partial charge in [-0.25, -0.2) is 4.68 Å². The van der Waals surface area contributed by atoms with E-state index in [1.807, 2.05) is 18.2 Å². The van der Waals surface area contributed by atoms with Crippen LogP contribution in [0, 0.1) is 17.0 Å². The number of carbonyl (C=O) groups excluding carboxylic acids is 2. The number of nitro groups is 1. The van der Waals surface area contributed by atoms with E-state index in [4.69, 9.17) is 4.74 Å². The molecule has 0 saturated heterocycles. The molecule has 0 aliphatic heterocycles. The summed E-state index contributed by atoms with van der Waals surface area (Å²) in [5.74, 6) is -0.536. The number of carbonyl (C=O) groups is 2. The highest BCUT2D eigenvalue weighted by molar-refractivity contribution is 6.06. The van der Waals surface area contributed by atoms with Gasteiger partial charge in [0.2, 0.25) is 0 Å². The van der Waals surface area contributed by atoms with Crippen LogP contribution >= 0.6 is 0 Å². The fourth-order valence-electron chi connectivity index (χ4n) is 3.87. The third-order valence-electron chi connectivity index (χ3n) is 6.02. The SMILES string of the molecule is Cc1c(NC(=O)COc2ccc(N(C)C(=O)c3cccc([N+](=O)[O-])c3)cc2)c(=O)n(-c2ccccc2)n1C. The van der Waals surface area contributed by atoms with Crippen LogP contribution in [-0.4, -0.2) is 39.8 Å². The average molecular weight is 516 g/mol. The van der Waals surface area contributed by atoms with Crippen molar-refractivity contribution >= 4 is 28.9 Å². The highest BCUT2D eigenvalue weighted by atomic mass is 16.6. The number of nitrogens with zero attached hydrogens (tertiary/aromatic N) is 4. The molecule has 0 spiro atoms. The zero-order valence-electron chi connectivity index (χ0n) is 21.0. The Morgan fingerprint density at radius 3 is 2.37 bits per heavy atom. The number of ether oxygens (including phenoxy) is 1. The van der Waals surface area contributed by atoms with Crippen molar-refractivity contribution in [3.63, 3.8) is 0 Å². The molecule has 4 rings (SSSR count). The lowest BCUT2D eigenvalue weighted by molar-refractivity contribution is -0.384. The number of nitro benzene ring substituents is 1. The number of nitrogens with one attached hydrogen (secondary N) is 1. The Morgan fingerprint density at radius 2 is 1.71 bits per heavy atom. The van der Waals surface area contributed by atoms with Crippen LogP contribution in [0.15, 0.2) is 83.7 Å². The standard InChI is InChI=1S/C27H25N5O6/c1-18-25(27(35)31(30(18)3)21-9-5-4-6-10-21)28-24(33)17-38-23-14-12-20(13-15-23)29(2)26(34)19-8-7-11-22(16-19)32(36)37/h4-16H,17H2,1-3H3,(H,28,33). The van der Waals surface area contributed by atoms with Crippen LogP contribution in [-0.2, 0) is 11.8 Å². The Kier molecular flexibility index (Phi) is 7.38. The van der Waals surface area contributed by atoms with Gasteiger partial charge in [-0.15, -0.1) is 0 Å². The monoisotopic (exact) mass is 515 g/mol. The first-order chi connectivity index (χ1) is 18.2. The summed E-state index contributed by atoms with van der Waals surface area (Å²) < 4.78 is 8.69. The summed E-state index contributed by atoms with van der Waals surface area (Å²) in [7, 11) is 3.28. The van der Waals surface area contributed by atoms with E-state index in [0.29, 0.717) is 22.8 Å². The number of anilines is 2. The summed E-state index contributed by atoms with van der Waals surface area (Å²) in [5, 5.41) is 13.6. The number of rotatable bonds is 8. The molecule has 1 heterocycles. The fraction of sp³-hybridized carbons (Fsp3) is 0.148. The Balaban J connectivity index is 1.39. The van der Waals surface area contributed by atoms with E-state index in [0.717, 1.165) is 0 Å². The topological polar surface area (TPSA) is 129 Å². The van der Waals surface area contributed by atoms with E-state index in [1.54, 1.807) is 62.1 Å². The van der Waals surface area contributed by atoms with Gasteiger partial charge in [0.25, 0.3) is 23.1 Å². The third-order valence-corrected chi connectivity index (χ3v) is 6.02. The predicted molar refractivity (Wildman–Crippen MR) is 142 cm³/mol. The van der Waals surface area contributed by atoms with E-state index in [1.165, 1.54) is 33.8 Å². The van der Waals surface area contributed by atoms with Gasteiger partial charge in [-0.05, 0) is 49.4 Å². The molecule has 11 nitrogen and oxygen atoms in total. The number of hydrogen-bond acceptors (Lipinski definition) is 6. The van der Waals surface area contributed by atoms with Crippen LogP contribution in [0.5, 0.6) is 5.75 Å². The number of amides is 2. The van der Waals surface area contributed by atoms with Crippen LogP contribution in [0.4, 0.5) is 17.1 Å². The van der Waals surface area contributed by atoms with Crippen molar-refractivity contribution in [3.8, 4) is 11.4 Å². The van der Waals surface area contributed by atoms with Gasteiger partial charge in [-0.3, -0.25) is 29.2 Å². The second-order valence-corrected chi connectivity index (χ2v) is 8.44. The quantitative estimate of drug-likeness (QED) is 0.282. The van der Waals surface area contributed by atoms with Crippen LogP contribution in [0.2, 0.25) is 0 Å². The Bertz CT molecular complexity index is 1560. The molecule has 2 amide bonds. The molecule has 0 fully saturated rings. The second kappa shape index (κ2) is 10.8. The maximum absolute atomic E-state index is 13.0. The fourth-order valence-corrected chi connectivity index (χ4v) is 3.87. The smallest absolute Gasteiger partial charge is 0.295 e. The van der Waals surface area contributed by atoms with E-state index >= 15 is 0 Å². The van der Waals surface area contributed by atoms with E-state index < -0.39 is 16.7 Å². The summed E-state index contributed by atoms with van der Waals surface area (Å²) >= 11 is 0. The molecule has 0 bridgehead atoms.